The Labute approximate surface area is 108 Å². The first kappa shape index (κ1) is 13.1. The van der Waals surface area contributed by atoms with Gasteiger partial charge < -0.3 is 9.42 Å². The lowest BCUT2D eigenvalue weighted by molar-refractivity contribution is -0.133. The lowest BCUT2D eigenvalue weighted by Crippen LogP contribution is -2.44. The van der Waals surface area contributed by atoms with Crippen molar-refractivity contribution in [2.24, 2.45) is 5.92 Å². The smallest absolute Gasteiger partial charge is 0.228 e. The maximum absolute atomic E-state index is 12.2. The fourth-order valence-electron chi connectivity index (χ4n) is 2.97. The van der Waals surface area contributed by atoms with E-state index in [1.54, 1.807) is 6.07 Å². The normalized spacial score (nSPS) is 23.9. The van der Waals surface area contributed by atoms with Gasteiger partial charge >= 0.3 is 0 Å². The number of carbonyl (C=O) groups is 1. The van der Waals surface area contributed by atoms with Gasteiger partial charge in [-0.2, -0.15) is 0 Å². The van der Waals surface area contributed by atoms with Gasteiger partial charge in [-0.1, -0.05) is 31.3 Å². The summed E-state index contributed by atoms with van der Waals surface area (Å²) in [6.45, 7) is 2.22. The average Bonchev–Trinajstić information content (AvgIpc) is 2.90. The molecule has 100 valence electrons. The second-order valence-electron chi connectivity index (χ2n) is 5.19. The summed E-state index contributed by atoms with van der Waals surface area (Å²) in [7, 11) is 1.93. The quantitative estimate of drug-likeness (QED) is 0.825. The van der Waals surface area contributed by atoms with E-state index in [1.807, 2.05) is 11.9 Å². The van der Waals surface area contributed by atoms with E-state index in [0.717, 1.165) is 18.5 Å². The molecule has 2 atom stereocenters. The second-order valence-corrected chi connectivity index (χ2v) is 5.19. The maximum atomic E-state index is 12.2. The Bertz CT molecular complexity index is 375. The highest BCUT2D eigenvalue weighted by Gasteiger charge is 2.29. The van der Waals surface area contributed by atoms with Gasteiger partial charge in [0.1, 0.15) is 6.26 Å². The first-order valence-corrected chi connectivity index (χ1v) is 6.87. The molecule has 1 aliphatic rings. The molecule has 0 spiro atoms. The van der Waals surface area contributed by atoms with Crippen molar-refractivity contribution in [3.05, 3.63) is 18.0 Å². The molecular weight excluding hydrogens is 228 g/mol. The van der Waals surface area contributed by atoms with Crippen molar-refractivity contribution < 1.29 is 9.32 Å². The first-order chi connectivity index (χ1) is 8.72. The van der Waals surface area contributed by atoms with Crippen molar-refractivity contribution >= 4 is 5.91 Å². The summed E-state index contributed by atoms with van der Waals surface area (Å²) in [6.07, 6.45) is 7.95. The number of hydrogen-bond acceptors (Lipinski definition) is 3. The van der Waals surface area contributed by atoms with E-state index in [2.05, 4.69) is 12.1 Å². The van der Waals surface area contributed by atoms with E-state index in [-0.39, 0.29) is 5.91 Å². The zero-order valence-corrected chi connectivity index (χ0v) is 11.3. The minimum Gasteiger partial charge on any atom is -0.364 e. The molecule has 1 fully saturated rings. The topological polar surface area (TPSA) is 46.3 Å². The van der Waals surface area contributed by atoms with Crippen LogP contribution in [0.1, 0.15) is 44.7 Å². The Morgan fingerprint density at radius 2 is 2.28 bits per heavy atom. The van der Waals surface area contributed by atoms with E-state index >= 15 is 0 Å². The van der Waals surface area contributed by atoms with Crippen molar-refractivity contribution in [3.63, 3.8) is 0 Å². The molecule has 0 radical (unpaired) electrons. The average molecular weight is 250 g/mol. The van der Waals surface area contributed by atoms with Gasteiger partial charge in [0.25, 0.3) is 0 Å². The third kappa shape index (κ3) is 2.92. The molecule has 1 heterocycles. The van der Waals surface area contributed by atoms with E-state index < -0.39 is 0 Å². The monoisotopic (exact) mass is 250 g/mol. The van der Waals surface area contributed by atoms with Gasteiger partial charge in [0.2, 0.25) is 5.91 Å². The van der Waals surface area contributed by atoms with E-state index in [1.165, 1.54) is 25.5 Å². The molecule has 0 bridgehead atoms. The predicted molar refractivity (Wildman–Crippen MR) is 69.0 cm³/mol. The Morgan fingerprint density at radius 3 is 2.94 bits per heavy atom. The number of likely N-dealkylation sites (N-methyl/N-ethyl adjacent to an activating group) is 1. The van der Waals surface area contributed by atoms with Crippen LogP contribution < -0.4 is 0 Å². The Kier molecular flexibility index (Phi) is 4.39. The largest absolute Gasteiger partial charge is 0.364 e. The number of amides is 1. The molecule has 4 heteroatoms. The highest BCUT2D eigenvalue weighted by atomic mass is 16.5. The van der Waals surface area contributed by atoms with E-state index in [9.17, 15) is 4.79 Å². The summed E-state index contributed by atoms with van der Waals surface area (Å²) in [5.41, 5.74) is 0.718. The Hall–Kier alpha value is -1.32. The number of aromatic nitrogens is 1. The SMILES string of the molecule is CC[C@H]1CCCC[C@@H]1N(C)C(=O)Cc1ccon1. The fraction of sp³-hybridized carbons (Fsp3) is 0.714. The molecule has 0 unspecified atom stereocenters. The van der Waals surface area contributed by atoms with Gasteiger partial charge in [0, 0.05) is 19.2 Å². The van der Waals surface area contributed by atoms with Crippen LogP contribution in [0.25, 0.3) is 0 Å². The maximum Gasteiger partial charge on any atom is 0.228 e. The van der Waals surface area contributed by atoms with E-state index in [0.29, 0.717) is 18.4 Å². The fourth-order valence-corrected chi connectivity index (χ4v) is 2.97. The molecule has 4 nitrogen and oxygen atoms in total. The summed E-state index contributed by atoms with van der Waals surface area (Å²) in [6, 6.07) is 2.16. The standard InChI is InChI=1S/C14H22N2O2/c1-3-11-6-4-5-7-13(11)16(2)14(17)10-12-8-9-18-15-12/h8-9,11,13H,3-7,10H2,1-2H3/t11-,13-/m0/s1. The minimum absolute atomic E-state index is 0.147. The van der Waals surface area contributed by atoms with Crippen molar-refractivity contribution in [2.75, 3.05) is 7.05 Å². The number of hydrogen-bond donors (Lipinski definition) is 0. The highest BCUT2D eigenvalue weighted by molar-refractivity contribution is 5.78. The molecular formula is C14H22N2O2. The lowest BCUT2D eigenvalue weighted by Gasteiger charge is -2.37. The highest BCUT2D eigenvalue weighted by Crippen LogP contribution is 2.30. The van der Waals surface area contributed by atoms with Crippen LogP contribution in [0.15, 0.2) is 16.9 Å². The third-order valence-corrected chi connectivity index (χ3v) is 4.11. The van der Waals surface area contributed by atoms with Gasteiger partial charge in [-0.15, -0.1) is 0 Å². The third-order valence-electron chi connectivity index (χ3n) is 4.11. The predicted octanol–water partition coefficient (Wildman–Crippen LogP) is 2.64. The van der Waals surface area contributed by atoms with Crippen LogP contribution in [0.4, 0.5) is 0 Å². The van der Waals surface area contributed by atoms with Gasteiger partial charge in [0.05, 0.1) is 12.1 Å². The summed E-state index contributed by atoms with van der Waals surface area (Å²) in [4.78, 5) is 14.1. The van der Waals surface area contributed by atoms with Crippen LogP contribution in [0.2, 0.25) is 0 Å². The zero-order chi connectivity index (χ0) is 13.0. The number of nitrogens with zero attached hydrogens (tertiary/aromatic N) is 2. The van der Waals surface area contributed by atoms with Gasteiger partial charge in [0.15, 0.2) is 0 Å². The Morgan fingerprint density at radius 1 is 1.50 bits per heavy atom. The molecule has 0 aliphatic heterocycles. The zero-order valence-electron chi connectivity index (χ0n) is 11.3. The molecule has 0 saturated heterocycles. The summed E-state index contributed by atoms with van der Waals surface area (Å²) >= 11 is 0. The van der Waals surface area contributed by atoms with Crippen LogP contribution in [-0.2, 0) is 11.2 Å². The van der Waals surface area contributed by atoms with Crippen LogP contribution >= 0.6 is 0 Å². The van der Waals surface area contributed by atoms with Crippen molar-refractivity contribution in [1.29, 1.82) is 0 Å². The summed E-state index contributed by atoms with van der Waals surface area (Å²) in [5, 5.41) is 3.80. The van der Waals surface area contributed by atoms with Crippen molar-refractivity contribution in [2.45, 2.75) is 51.5 Å². The van der Waals surface area contributed by atoms with Crippen molar-refractivity contribution in [1.82, 2.24) is 10.1 Å². The molecule has 1 aromatic heterocycles. The van der Waals surface area contributed by atoms with Crippen LogP contribution in [-0.4, -0.2) is 29.1 Å². The van der Waals surface area contributed by atoms with Crippen LogP contribution in [0, 0.1) is 5.92 Å². The molecule has 1 saturated carbocycles. The van der Waals surface area contributed by atoms with Crippen LogP contribution in [0.3, 0.4) is 0 Å². The van der Waals surface area contributed by atoms with Crippen LogP contribution in [0.5, 0.6) is 0 Å². The molecule has 0 aromatic carbocycles. The summed E-state index contributed by atoms with van der Waals surface area (Å²) < 4.78 is 4.76. The van der Waals surface area contributed by atoms with E-state index in [4.69, 9.17) is 4.52 Å². The second kappa shape index (κ2) is 6.03. The van der Waals surface area contributed by atoms with Gasteiger partial charge in [-0.3, -0.25) is 4.79 Å². The molecule has 1 aliphatic carbocycles. The molecule has 1 aromatic rings. The molecule has 18 heavy (non-hydrogen) atoms. The molecule has 1 amide bonds. The molecule has 0 N–H and O–H groups in total. The first-order valence-electron chi connectivity index (χ1n) is 6.87. The molecule has 2 rings (SSSR count). The minimum atomic E-state index is 0.147. The number of carbonyl (C=O) groups excluding carboxylic acids is 1. The Balaban J connectivity index is 1.96. The van der Waals surface area contributed by atoms with Crippen molar-refractivity contribution in [3.8, 4) is 0 Å². The summed E-state index contributed by atoms with van der Waals surface area (Å²) in [5.74, 6) is 0.805. The number of rotatable bonds is 4. The van der Waals surface area contributed by atoms with Gasteiger partial charge in [-0.25, -0.2) is 0 Å². The lowest BCUT2D eigenvalue weighted by atomic mass is 9.82. The van der Waals surface area contributed by atoms with Gasteiger partial charge in [-0.05, 0) is 18.8 Å².